The van der Waals surface area contributed by atoms with Gasteiger partial charge in [-0.1, -0.05) is 43.3 Å². The van der Waals surface area contributed by atoms with Crippen LogP contribution < -0.4 is 5.32 Å². The van der Waals surface area contributed by atoms with Gasteiger partial charge in [-0.15, -0.1) is 5.10 Å². The Morgan fingerprint density at radius 2 is 2.00 bits per heavy atom. The number of nitrogens with one attached hydrogen (secondary N) is 1. The van der Waals surface area contributed by atoms with Crippen molar-refractivity contribution in [1.82, 2.24) is 20.2 Å². The number of carbonyl (C=O) groups is 1. The lowest BCUT2D eigenvalue weighted by Gasteiger charge is -2.13. The molecule has 0 fully saturated rings. The second-order valence-electron chi connectivity index (χ2n) is 5.82. The predicted molar refractivity (Wildman–Crippen MR) is 92.0 cm³/mol. The molecule has 24 heavy (non-hydrogen) atoms. The summed E-state index contributed by atoms with van der Waals surface area (Å²) in [7, 11) is 0. The average Bonchev–Trinajstić information content (AvgIpc) is 3.11. The van der Waals surface area contributed by atoms with Crippen LogP contribution in [0.25, 0.3) is 5.69 Å². The van der Waals surface area contributed by atoms with Crippen LogP contribution in [0.2, 0.25) is 0 Å². The molecular weight excluding hydrogens is 302 g/mol. The Morgan fingerprint density at radius 1 is 1.21 bits per heavy atom. The van der Waals surface area contributed by atoms with Gasteiger partial charge < -0.3 is 5.32 Å². The van der Waals surface area contributed by atoms with Crippen molar-refractivity contribution < 1.29 is 4.79 Å². The summed E-state index contributed by atoms with van der Waals surface area (Å²) in [5.41, 5.74) is 3.76. The molecule has 0 spiro atoms. The first-order valence-electron chi connectivity index (χ1n) is 7.82. The molecule has 0 aliphatic heterocycles. The maximum Gasteiger partial charge on any atom is 0.224 e. The average molecular weight is 321 g/mol. The molecule has 0 radical (unpaired) electrons. The molecular formula is C18H19N5O. The van der Waals surface area contributed by atoms with Gasteiger partial charge in [0.25, 0.3) is 0 Å². The van der Waals surface area contributed by atoms with Gasteiger partial charge in [0.2, 0.25) is 5.91 Å². The van der Waals surface area contributed by atoms with Crippen LogP contribution in [-0.4, -0.2) is 26.1 Å². The predicted octanol–water partition coefficient (Wildman–Crippen LogP) is 3.10. The molecule has 1 atom stereocenters. The number of hydrogen-bond acceptors (Lipinski definition) is 4. The summed E-state index contributed by atoms with van der Waals surface area (Å²) in [6.45, 7) is 4.02. The summed E-state index contributed by atoms with van der Waals surface area (Å²) in [6.07, 6.45) is 1.96. The molecule has 1 heterocycles. The van der Waals surface area contributed by atoms with Crippen LogP contribution in [-0.2, 0) is 4.79 Å². The van der Waals surface area contributed by atoms with E-state index in [1.54, 1.807) is 4.68 Å². The fourth-order valence-corrected chi connectivity index (χ4v) is 2.60. The van der Waals surface area contributed by atoms with E-state index in [0.29, 0.717) is 6.42 Å². The van der Waals surface area contributed by atoms with Crippen molar-refractivity contribution in [3.05, 3.63) is 66.0 Å². The van der Waals surface area contributed by atoms with Crippen molar-refractivity contribution in [3.8, 4) is 5.69 Å². The second-order valence-corrected chi connectivity index (χ2v) is 5.82. The molecule has 6 nitrogen and oxygen atoms in total. The first kappa shape index (κ1) is 15.9. The minimum atomic E-state index is -0.0159. The van der Waals surface area contributed by atoms with Crippen LogP contribution in [0.15, 0.2) is 54.9 Å². The molecule has 6 heteroatoms. The zero-order valence-corrected chi connectivity index (χ0v) is 13.7. The molecule has 3 aromatic rings. The third kappa shape index (κ3) is 3.65. The number of carbonyl (C=O) groups excluding carboxylic acids is 1. The van der Waals surface area contributed by atoms with E-state index >= 15 is 0 Å². The van der Waals surface area contributed by atoms with Crippen LogP contribution in [0.1, 0.15) is 30.4 Å². The molecule has 0 bridgehead atoms. The first-order chi connectivity index (χ1) is 11.6. The van der Waals surface area contributed by atoms with Gasteiger partial charge in [0.05, 0.1) is 5.69 Å². The summed E-state index contributed by atoms with van der Waals surface area (Å²) in [6, 6.07) is 15.7. The number of nitrogens with zero attached hydrogens (tertiary/aromatic N) is 4. The van der Waals surface area contributed by atoms with Crippen LogP contribution in [0.4, 0.5) is 5.69 Å². The summed E-state index contributed by atoms with van der Waals surface area (Å²) in [5, 5.41) is 14.1. The minimum absolute atomic E-state index is 0.0159. The third-order valence-electron chi connectivity index (χ3n) is 3.95. The van der Waals surface area contributed by atoms with Crippen LogP contribution in [0.5, 0.6) is 0 Å². The highest BCUT2D eigenvalue weighted by atomic mass is 16.1. The van der Waals surface area contributed by atoms with Gasteiger partial charge in [-0.05, 0) is 46.5 Å². The molecule has 0 saturated heterocycles. The monoisotopic (exact) mass is 321 g/mol. The SMILES string of the molecule is Cc1ccc(NC(=O)CC(C)c2ccccc2)cc1-n1cnnn1. The van der Waals surface area contributed by atoms with Crippen molar-refractivity contribution in [1.29, 1.82) is 0 Å². The van der Waals surface area contributed by atoms with Crippen molar-refractivity contribution in [3.63, 3.8) is 0 Å². The van der Waals surface area contributed by atoms with Crippen LogP contribution in [0, 0.1) is 6.92 Å². The number of amides is 1. The number of benzene rings is 2. The van der Waals surface area contributed by atoms with Gasteiger partial charge in [-0.2, -0.15) is 0 Å². The highest BCUT2D eigenvalue weighted by molar-refractivity contribution is 5.91. The molecule has 1 amide bonds. The standard InChI is InChI=1S/C18H19N5O/c1-13-8-9-16(11-17(13)23-12-19-21-22-23)20-18(24)10-14(2)15-6-4-3-5-7-15/h3-9,11-12,14H,10H2,1-2H3,(H,20,24). The Balaban J connectivity index is 1.70. The van der Waals surface area contributed by atoms with Crippen molar-refractivity contribution in [2.45, 2.75) is 26.2 Å². The Hall–Kier alpha value is -3.02. The van der Waals surface area contributed by atoms with Gasteiger partial charge in [0, 0.05) is 12.1 Å². The van der Waals surface area contributed by atoms with Crippen LogP contribution in [0.3, 0.4) is 0 Å². The summed E-state index contributed by atoms with van der Waals surface area (Å²) >= 11 is 0. The largest absolute Gasteiger partial charge is 0.326 e. The van der Waals surface area contributed by atoms with Gasteiger partial charge in [-0.3, -0.25) is 4.79 Å². The number of tetrazole rings is 1. The number of aryl methyl sites for hydroxylation is 1. The minimum Gasteiger partial charge on any atom is -0.326 e. The topological polar surface area (TPSA) is 72.7 Å². The zero-order valence-electron chi connectivity index (χ0n) is 13.7. The maximum absolute atomic E-state index is 12.3. The van der Waals surface area contributed by atoms with E-state index in [9.17, 15) is 4.79 Å². The maximum atomic E-state index is 12.3. The number of anilines is 1. The molecule has 1 unspecified atom stereocenters. The molecule has 1 N–H and O–H groups in total. The second kappa shape index (κ2) is 7.04. The first-order valence-corrected chi connectivity index (χ1v) is 7.82. The lowest BCUT2D eigenvalue weighted by Crippen LogP contribution is -2.14. The summed E-state index contributed by atoms with van der Waals surface area (Å²) < 4.78 is 1.58. The fourth-order valence-electron chi connectivity index (χ4n) is 2.60. The highest BCUT2D eigenvalue weighted by Crippen LogP contribution is 2.21. The lowest BCUT2D eigenvalue weighted by molar-refractivity contribution is -0.116. The molecule has 122 valence electrons. The molecule has 0 aliphatic carbocycles. The van der Waals surface area contributed by atoms with Crippen LogP contribution >= 0.6 is 0 Å². The Morgan fingerprint density at radius 3 is 2.71 bits per heavy atom. The molecule has 0 aliphatic rings. The Kier molecular flexibility index (Phi) is 4.65. The van der Waals surface area contributed by atoms with Crippen molar-refractivity contribution in [2.75, 3.05) is 5.32 Å². The molecule has 0 saturated carbocycles. The van der Waals surface area contributed by atoms with Gasteiger partial charge in [0.1, 0.15) is 6.33 Å². The molecule has 1 aromatic heterocycles. The number of hydrogen-bond donors (Lipinski definition) is 1. The van der Waals surface area contributed by atoms with Gasteiger partial charge in [-0.25, -0.2) is 4.68 Å². The number of rotatable bonds is 5. The van der Waals surface area contributed by atoms with E-state index in [2.05, 4.69) is 27.8 Å². The third-order valence-corrected chi connectivity index (χ3v) is 3.95. The molecule has 3 rings (SSSR count). The van der Waals surface area contributed by atoms with E-state index in [-0.39, 0.29) is 11.8 Å². The van der Waals surface area contributed by atoms with Gasteiger partial charge >= 0.3 is 0 Å². The normalized spacial score (nSPS) is 11.9. The van der Waals surface area contributed by atoms with E-state index < -0.39 is 0 Å². The fraction of sp³-hybridized carbons (Fsp3) is 0.222. The van der Waals surface area contributed by atoms with Crippen molar-refractivity contribution in [2.24, 2.45) is 0 Å². The quantitative estimate of drug-likeness (QED) is 0.783. The number of aromatic nitrogens is 4. The van der Waals surface area contributed by atoms with E-state index in [1.807, 2.05) is 55.5 Å². The Labute approximate surface area is 140 Å². The lowest BCUT2D eigenvalue weighted by atomic mass is 9.97. The molecule has 2 aromatic carbocycles. The Bertz CT molecular complexity index is 815. The highest BCUT2D eigenvalue weighted by Gasteiger charge is 2.12. The van der Waals surface area contributed by atoms with Gasteiger partial charge in [0.15, 0.2) is 0 Å². The summed E-state index contributed by atoms with van der Waals surface area (Å²) in [5.74, 6) is 0.147. The van der Waals surface area contributed by atoms with E-state index in [0.717, 1.165) is 22.5 Å². The van der Waals surface area contributed by atoms with E-state index in [4.69, 9.17) is 0 Å². The van der Waals surface area contributed by atoms with E-state index in [1.165, 1.54) is 6.33 Å². The summed E-state index contributed by atoms with van der Waals surface area (Å²) in [4.78, 5) is 12.3. The van der Waals surface area contributed by atoms with Crippen molar-refractivity contribution >= 4 is 11.6 Å². The zero-order chi connectivity index (χ0) is 16.9. The smallest absolute Gasteiger partial charge is 0.224 e.